The number of carbonyl (C=O) groups excluding carboxylic acids is 2. The van der Waals surface area contributed by atoms with Gasteiger partial charge in [0, 0.05) is 37.6 Å². The van der Waals surface area contributed by atoms with E-state index in [9.17, 15) is 14.4 Å². The third kappa shape index (κ3) is 6.09. The SMILES string of the molecule is Cn1ccc(-c2ccc(N(C(=O)NCc3ccccc3)C3CCC(OC(N)=O)CC3)cc2)cc1=O. The zero-order valence-corrected chi connectivity index (χ0v) is 19.7. The van der Waals surface area contributed by atoms with E-state index in [1.165, 1.54) is 4.57 Å². The summed E-state index contributed by atoms with van der Waals surface area (Å²) in [5.41, 5.74) is 8.60. The fourth-order valence-corrected chi connectivity index (χ4v) is 4.48. The van der Waals surface area contributed by atoms with E-state index in [1.807, 2.05) is 60.7 Å². The van der Waals surface area contributed by atoms with E-state index in [1.54, 1.807) is 24.2 Å². The van der Waals surface area contributed by atoms with Crippen molar-refractivity contribution in [1.82, 2.24) is 9.88 Å². The van der Waals surface area contributed by atoms with E-state index in [4.69, 9.17) is 10.5 Å². The molecule has 0 saturated heterocycles. The first-order valence-corrected chi connectivity index (χ1v) is 11.7. The van der Waals surface area contributed by atoms with Gasteiger partial charge in [0.2, 0.25) is 0 Å². The highest BCUT2D eigenvalue weighted by atomic mass is 16.6. The second kappa shape index (κ2) is 10.9. The van der Waals surface area contributed by atoms with Crippen molar-refractivity contribution in [2.75, 3.05) is 4.90 Å². The highest BCUT2D eigenvalue weighted by molar-refractivity contribution is 5.93. The number of hydrogen-bond donors (Lipinski definition) is 2. The van der Waals surface area contributed by atoms with Crippen LogP contribution in [0.25, 0.3) is 11.1 Å². The van der Waals surface area contributed by atoms with Crippen LogP contribution in [0.15, 0.2) is 77.7 Å². The Morgan fingerprint density at radius 3 is 2.31 bits per heavy atom. The Hall–Kier alpha value is -4.07. The Morgan fingerprint density at radius 2 is 1.69 bits per heavy atom. The van der Waals surface area contributed by atoms with Crippen LogP contribution in [-0.4, -0.2) is 28.8 Å². The molecule has 3 amide bonds. The van der Waals surface area contributed by atoms with Crippen LogP contribution >= 0.6 is 0 Å². The Labute approximate surface area is 204 Å². The molecule has 1 fully saturated rings. The highest BCUT2D eigenvalue weighted by Gasteiger charge is 2.31. The molecule has 35 heavy (non-hydrogen) atoms. The molecule has 0 bridgehead atoms. The van der Waals surface area contributed by atoms with Crippen molar-refractivity contribution in [3.8, 4) is 11.1 Å². The zero-order valence-electron chi connectivity index (χ0n) is 19.7. The predicted octanol–water partition coefficient (Wildman–Crippen LogP) is 4.18. The molecule has 2 aromatic carbocycles. The smallest absolute Gasteiger partial charge is 0.404 e. The monoisotopic (exact) mass is 474 g/mol. The van der Waals surface area contributed by atoms with Gasteiger partial charge >= 0.3 is 12.1 Å². The fraction of sp³-hybridized carbons (Fsp3) is 0.296. The van der Waals surface area contributed by atoms with Gasteiger partial charge in [-0.05, 0) is 60.6 Å². The van der Waals surface area contributed by atoms with Crippen LogP contribution in [0, 0.1) is 0 Å². The van der Waals surface area contributed by atoms with Crippen molar-refractivity contribution in [2.45, 2.75) is 44.4 Å². The largest absolute Gasteiger partial charge is 0.446 e. The molecule has 3 N–H and O–H groups in total. The number of carbonyl (C=O) groups is 2. The number of pyridine rings is 1. The number of amides is 3. The van der Waals surface area contributed by atoms with Crippen LogP contribution in [-0.2, 0) is 18.3 Å². The predicted molar refractivity (Wildman–Crippen MR) is 135 cm³/mol. The molecule has 1 heterocycles. The van der Waals surface area contributed by atoms with Crippen LogP contribution < -0.4 is 21.5 Å². The number of urea groups is 1. The van der Waals surface area contributed by atoms with Crippen molar-refractivity contribution < 1.29 is 14.3 Å². The third-order valence-electron chi connectivity index (χ3n) is 6.38. The number of benzene rings is 2. The van der Waals surface area contributed by atoms with Gasteiger partial charge in [-0.25, -0.2) is 9.59 Å². The standard InChI is InChI=1S/C27H30N4O4/c1-30-16-15-21(17-25(30)32)20-7-9-22(10-8-20)31(23-11-13-24(14-12-23)35-26(28)33)27(34)29-18-19-5-3-2-4-6-19/h2-10,15-17,23-24H,11-14,18H2,1H3,(H2,28,33)(H,29,34). The lowest BCUT2D eigenvalue weighted by Crippen LogP contribution is -2.48. The molecule has 0 aliphatic heterocycles. The third-order valence-corrected chi connectivity index (χ3v) is 6.38. The first-order chi connectivity index (χ1) is 16.9. The molecule has 1 aliphatic carbocycles. The van der Waals surface area contributed by atoms with Gasteiger partial charge in [0.1, 0.15) is 6.10 Å². The summed E-state index contributed by atoms with van der Waals surface area (Å²) >= 11 is 0. The maximum atomic E-state index is 13.4. The van der Waals surface area contributed by atoms with Crippen LogP contribution in [0.5, 0.6) is 0 Å². The average molecular weight is 475 g/mol. The first-order valence-electron chi connectivity index (χ1n) is 11.7. The van der Waals surface area contributed by atoms with E-state index >= 15 is 0 Å². The molecular formula is C27H30N4O4. The van der Waals surface area contributed by atoms with Gasteiger partial charge in [-0.15, -0.1) is 0 Å². The molecule has 0 radical (unpaired) electrons. The number of ether oxygens (including phenoxy) is 1. The lowest BCUT2D eigenvalue weighted by atomic mass is 9.91. The van der Waals surface area contributed by atoms with Gasteiger partial charge in [0.25, 0.3) is 5.56 Å². The molecule has 0 unspecified atom stereocenters. The van der Waals surface area contributed by atoms with Gasteiger partial charge in [0.05, 0.1) is 0 Å². The summed E-state index contributed by atoms with van der Waals surface area (Å²) in [4.78, 5) is 38.3. The molecule has 182 valence electrons. The molecular weight excluding hydrogens is 444 g/mol. The van der Waals surface area contributed by atoms with Crippen LogP contribution in [0.4, 0.5) is 15.3 Å². The van der Waals surface area contributed by atoms with Crippen molar-refractivity contribution in [3.63, 3.8) is 0 Å². The minimum absolute atomic E-state index is 0.0478. The number of aryl methyl sites for hydroxylation is 1. The van der Waals surface area contributed by atoms with Crippen molar-refractivity contribution >= 4 is 17.8 Å². The molecule has 3 aromatic rings. The quantitative estimate of drug-likeness (QED) is 0.559. The van der Waals surface area contributed by atoms with Gasteiger partial charge in [-0.3, -0.25) is 9.69 Å². The maximum Gasteiger partial charge on any atom is 0.404 e. The minimum Gasteiger partial charge on any atom is -0.446 e. The zero-order chi connectivity index (χ0) is 24.8. The summed E-state index contributed by atoms with van der Waals surface area (Å²) in [6.07, 6.45) is 3.41. The highest BCUT2D eigenvalue weighted by Crippen LogP contribution is 2.30. The molecule has 8 nitrogen and oxygen atoms in total. The summed E-state index contributed by atoms with van der Waals surface area (Å²) in [6, 6.07) is 20.7. The number of rotatable bonds is 6. The summed E-state index contributed by atoms with van der Waals surface area (Å²) in [5.74, 6) is 0. The van der Waals surface area contributed by atoms with E-state index in [0.717, 1.165) is 22.4 Å². The summed E-state index contributed by atoms with van der Waals surface area (Å²) < 4.78 is 6.69. The lowest BCUT2D eigenvalue weighted by Gasteiger charge is -2.36. The van der Waals surface area contributed by atoms with Gasteiger partial charge in [0.15, 0.2) is 0 Å². The Kier molecular flexibility index (Phi) is 7.50. The number of hydrogen-bond acceptors (Lipinski definition) is 4. The number of nitrogens with one attached hydrogen (secondary N) is 1. The lowest BCUT2D eigenvalue weighted by molar-refractivity contribution is 0.0787. The van der Waals surface area contributed by atoms with Crippen molar-refractivity contribution in [2.24, 2.45) is 12.8 Å². The average Bonchev–Trinajstić information content (AvgIpc) is 2.86. The minimum atomic E-state index is -0.766. The first kappa shape index (κ1) is 24.1. The summed E-state index contributed by atoms with van der Waals surface area (Å²) in [7, 11) is 1.71. The molecule has 1 aromatic heterocycles. The van der Waals surface area contributed by atoms with E-state index in [0.29, 0.717) is 32.2 Å². The van der Waals surface area contributed by atoms with E-state index in [-0.39, 0.29) is 23.7 Å². The second-order valence-electron chi connectivity index (χ2n) is 8.79. The number of nitrogens with zero attached hydrogens (tertiary/aromatic N) is 2. The maximum absolute atomic E-state index is 13.4. The van der Waals surface area contributed by atoms with Gasteiger partial charge in [-0.2, -0.15) is 0 Å². The topological polar surface area (TPSA) is 107 Å². The summed E-state index contributed by atoms with van der Waals surface area (Å²) in [6.45, 7) is 0.418. The number of aromatic nitrogens is 1. The van der Waals surface area contributed by atoms with Gasteiger partial charge in [-0.1, -0.05) is 42.5 Å². The molecule has 0 spiro atoms. The number of primary amides is 1. The molecule has 1 saturated carbocycles. The Morgan fingerprint density at radius 1 is 1.00 bits per heavy atom. The number of anilines is 1. The molecule has 8 heteroatoms. The normalized spacial score (nSPS) is 17.4. The number of nitrogens with two attached hydrogens (primary N) is 1. The van der Waals surface area contributed by atoms with Crippen LogP contribution in [0.1, 0.15) is 31.2 Å². The Bertz CT molecular complexity index is 1220. The molecule has 1 aliphatic rings. The molecule has 0 atom stereocenters. The Balaban J connectivity index is 1.54. The van der Waals surface area contributed by atoms with Crippen molar-refractivity contribution in [1.29, 1.82) is 0 Å². The summed E-state index contributed by atoms with van der Waals surface area (Å²) in [5, 5.41) is 3.04. The van der Waals surface area contributed by atoms with E-state index < -0.39 is 6.09 Å². The van der Waals surface area contributed by atoms with Crippen LogP contribution in [0.2, 0.25) is 0 Å². The van der Waals surface area contributed by atoms with E-state index in [2.05, 4.69) is 5.32 Å². The molecule has 4 rings (SSSR count). The van der Waals surface area contributed by atoms with Gasteiger partial charge < -0.3 is 20.4 Å². The van der Waals surface area contributed by atoms with Crippen LogP contribution in [0.3, 0.4) is 0 Å². The second-order valence-corrected chi connectivity index (χ2v) is 8.79. The van der Waals surface area contributed by atoms with Crippen molar-refractivity contribution in [3.05, 3.63) is 88.8 Å². The fourth-order valence-electron chi connectivity index (χ4n) is 4.48.